The molecule has 0 saturated carbocycles. The number of aliphatic hydroxyl groups is 1. The van der Waals surface area contributed by atoms with Crippen molar-refractivity contribution in [3.63, 3.8) is 0 Å². The number of hydrogen-bond donors (Lipinski definition) is 2. The van der Waals surface area contributed by atoms with Crippen LogP contribution in [0.5, 0.6) is 0 Å². The Bertz CT molecular complexity index is 148. The van der Waals surface area contributed by atoms with Gasteiger partial charge in [-0.25, -0.2) is 0 Å². The number of nitrogens with one attached hydrogen (secondary N) is 1. The molecule has 0 aromatic rings. The second-order valence-electron chi connectivity index (χ2n) is 4.10. The summed E-state index contributed by atoms with van der Waals surface area (Å²) < 4.78 is 5.40. The summed E-state index contributed by atoms with van der Waals surface area (Å²) in [7, 11) is 0. The van der Waals surface area contributed by atoms with Crippen molar-refractivity contribution in [2.45, 2.75) is 25.8 Å². The summed E-state index contributed by atoms with van der Waals surface area (Å²) in [5.41, 5.74) is 0. The van der Waals surface area contributed by atoms with E-state index in [2.05, 4.69) is 17.1 Å². The van der Waals surface area contributed by atoms with Crippen molar-refractivity contribution in [3.05, 3.63) is 0 Å². The van der Waals surface area contributed by atoms with Gasteiger partial charge in [-0.05, 0) is 19.4 Å². The molecular weight excluding hydrogens is 192 g/mol. The van der Waals surface area contributed by atoms with E-state index in [-0.39, 0.29) is 12.6 Å². The van der Waals surface area contributed by atoms with Crippen molar-refractivity contribution in [2.75, 3.05) is 46.0 Å². The SMILES string of the molecule is CCCNC(CO)CN1CCCOCC1. The summed E-state index contributed by atoms with van der Waals surface area (Å²) in [6.07, 6.45) is 2.21. The van der Waals surface area contributed by atoms with Crippen LogP contribution >= 0.6 is 0 Å². The molecule has 2 N–H and O–H groups in total. The summed E-state index contributed by atoms with van der Waals surface area (Å²) in [6.45, 7) is 8.05. The number of ether oxygens (including phenoxy) is 1. The normalized spacial score (nSPS) is 21.2. The van der Waals surface area contributed by atoms with Crippen LogP contribution in [0.25, 0.3) is 0 Å². The first-order chi connectivity index (χ1) is 7.36. The zero-order chi connectivity index (χ0) is 10.9. The molecule has 1 fully saturated rings. The van der Waals surface area contributed by atoms with Crippen molar-refractivity contribution in [3.8, 4) is 0 Å². The molecule has 15 heavy (non-hydrogen) atoms. The molecule has 0 bridgehead atoms. The highest BCUT2D eigenvalue weighted by Crippen LogP contribution is 2.00. The summed E-state index contributed by atoms with van der Waals surface area (Å²) in [4.78, 5) is 2.37. The van der Waals surface area contributed by atoms with Gasteiger partial charge in [0, 0.05) is 32.3 Å². The predicted molar refractivity (Wildman–Crippen MR) is 61.0 cm³/mol. The van der Waals surface area contributed by atoms with Crippen molar-refractivity contribution in [1.29, 1.82) is 0 Å². The molecule has 0 amide bonds. The maximum Gasteiger partial charge on any atom is 0.0597 e. The maximum atomic E-state index is 9.23. The Kier molecular flexibility index (Phi) is 6.92. The third-order valence-corrected chi connectivity index (χ3v) is 2.70. The van der Waals surface area contributed by atoms with Crippen molar-refractivity contribution in [2.24, 2.45) is 0 Å². The quantitative estimate of drug-likeness (QED) is 0.659. The fraction of sp³-hybridized carbons (Fsp3) is 1.00. The zero-order valence-electron chi connectivity index (χ0n) is 9.74. The Morgan fingerprint density at radius 3 is 3.00 bits per heavy atom. The highest BCUT2D eigenvalue weighted by Gasteiger charge is 2.14. The van der Waals surface area contributed by atoms with Crippen molar-refractivity contribution in [1.82, 2.24) is 10.2 Å². The highest BCUT2D eigenvalue weighted by molar-refractivity contribution is 4.72. The zero-order valence-corrected chi connectivity index (χ0v) is 9.74. The third kappa shape index (κ3) is 5.47. The number of hydrogen-bond acceptors (Lipinski definition) is 4. The monoisotopic (exact) mass is 216 g/mol. The largest absolute Gasteiger partial charge is 0.395 e. The van der Waals surface area contributed by atoms with Gasteiger partial charge in [0.2, 0.25) is 0 Å². The summed E-state index contributed by atoms with van der Waals surface area (Å²) in [5.74, 6) is 0. The molecule has 0 spiro atoms. The van der Waals surface area contributed by atoms with Gasteiger partial charge in [-0.2, -0.15) is 0 Å². The van der Waals surface area contributed by atoms with Crippen LogP contribution in [0, 0.1) is 0 Å². The average Bonchev–Trinajstić information content (AvgIpc) is 2.52. The Hall–Kier alpha value is -0.160. The average molecular weight is 216 g/mol. The minimum atomic E-state index is 0.211. The Balaban J connectivity index is 2.22. The van der Waals surface area contributed by atoms with E-state index in [4.69, 9.17) is 4.74 Å². The van der Waals surface area contributed by atoms with Gasteiger partial charge < -0.3 is 15.2 Å². The van der Waals surface area contributed by atoms with Crippen LogP contribution in [0.2, 0.25) is 0 Å². The van der Waals surface area contributed by atoms with E-state index in [1.54, 1.807) is 0 Å². The van der Waals surface area contributed by atoms with Gasteiger partial charge in [0.25, 0.3) is 0 Å². The highest BCUT2D eigenvalue weighted by atomic mass is 16.5. The summed E-state index contributed by atoms with van der Waals surface area (Å²) in [5, 5.41) is 12.6. The van der Waals surface area contributed by atoms with E-state index in [0.717, 1.165) is 52.2 Å². The van der Waals surface area contributed by atoms with Crippen LogP contribution in [0.3, 0.4) is 0 Å². The molecular formula is C11H24N2O2. The molecule has 1 aliphatic heterocycles. The van der Waals surface area contributed by atoms with Crippen LogP contribution in [0.1, 0.15) is 19.8 Å². The number of nitrogens with zero attached hydrogens (tertiary/aromatic N) is 1. The number of rotatable bonds is 6. The van der Waals surface area contributed by atoms with Gasteiger partial charge in [0.1, 0.15) is 0 Å². The molecule has 1 heterocycles. The Labute approximate surface area is 92.6 Å². The lowest BCUT2D eigenvalue weighted by molar-refractivity contribution is 0.135. The van der Waals surface area contributed by atoms with Crippen LogP contribution in [-0.4, -0.2) is 62.0 Å². The fourth-order valence-corrected chi connectivity index (χ4v) is 1.83. The molecule has 1 unspecified atom stereocenters. The molecule has 0 aliphatic carbocycles. The van der Waals surface area contributed by atoms with Gasteiger partial charge in [-0.3, -0.25) is 4.90 Å². The Morgan fingerprint density at radius 1 is 1.40 bits per heavy atom. The molecule has 1 saturated heterocycles. The molecule has 4 nitrogen and oxygen atoms in total. The van der Waals surface area contributed by atoms with Crippen LogP contribution in [-0.2, 0) is 4.74 Å². The number of aliphatic hydroxyl groups excluding tert-OH is 1. The van der Waals surface area contributed by atoms with Crippen LogP contribution in [0.15, 0.2) is 0 Å². The molecule has 0 radical (unpaired) electrons. The topological polar surface area (TPSA) is 44.7 Å². The second kappa shape index (κ2) is 8.05. The van der Waals surface area contributed by atoms with Crippen molar-refractivity contribution >= 4 is 0 Å². The summed E-state index contributed by atoms with van der Waals surface area (Å²) in [6, 6.07) is 0.211. The molecule has 4 heteroatoms. The van der Waals surface area contributed by atoms with E-state index in [1.165, 1.54) is 0 Å². The minimum absolute atomic E-state index is 0.211. The molecule has 1 rings (SSSR count). The predicted octanol–water partition coefficient (Wildman–Crippen LogP) is 0.0692. The lowest BCUT2D eigenvalue weighted by Gasteiger charge is -2.25. The third-order valence-electron chi connectivity index (χ3n) is 2.70. The van der Waals surface area contributed by atoms with E-state index in [0.29, 0.717) is 0 Å². The molecule has 1 aliphatic rings. The van der Waals surface area contributed by atoms with Crippen molar-refractivity contribution < 1.29 is 9.84 Å². The van der Waals surface area contributed by atoms with E-state index in [9.17, 15) is 5.11 Å². The second-order valence-corrected chi connectivity index (χ2v) is 4.10. The first-order valence-corrected chi connectivity index (χ1v) is 6.01. The first-order valence-electron chi connectivity index (χ1n) is 6.01. The van der Waals surface area contributed by atoms with E-state index in [1.807, 2.05) is 0 Å². The minimum Gasteiger partial charge on any atom is -0.395 e. The molecule has 1 atom stereocenters. The molecule has 0 aromatic carbocycles. The van der Waals surface area contributed by atoms with Crippen LogP contribution < -0.4 is 5.32 Å². The fourth-order valence-electron chi connectivity index (χ4n) is 1.83. The van der Waals surface area contributed by atoms with E-state index < -0.39 is 0 Å². The first kappa shape index (κ1) is 12.9. The lowest BCUT2D eigenvalue weighted by atomic mass is 10.2. The Morgan fingerprint density at radius 2 is 2.27 bits per heavy atom. The van der Waals surface area contributed by atoms with E-state index >= 15 is 0 Å². The van der Waals surface area contributed by atoms with Gasteiger partial charge in [0.15, 0.2) is 0 Å². The van der Waals surface area contributed by atoms with Gasteiger partial charge in [-0.1, -0.05) is 6.92 Å². The standard InChI is InChI=1S/C11H24N2O2/c1-2-4-12-11(10-14)9-13-5-3-7-15-8-6-13/h11-12,14H,2-10H2,1H3. The van der Waals surface area contributed by atoms with Gasteiger partial charge in [0.05, 0.1) is 13.2 Å². The maximum absolute atomic E-state index is 9.23. The van der Waals surface area contributed by atoms with Gasteiger partial charge >= 0.3 is 0 Å². The van der Waals surface area contributed by atoms with Crippen LogP contribution in [0.4, 0.5) is 0 Å². The smallest absolute Gasteiger partial charge is 0.0597 e. The summed E-state index contributed by atoms with van der Waals surface area (Å²) >= 11 is 0. The van der Waals surface area contributed by atoms with Gasteiger partial charge in [-0.15, -0.1) is 0 Å². The lowest BCUT2D eigenvalue weighted by Crippen LogP contribution is -2.44. The molecule has 0 aromatic heterocycles. The molecule has 90 valence electrons.